The fourth-order valence-corrected chi connectivity index (χ4v) is 5.33. The smallest absolute Gasteiger partial charge is 0.243 e. The number of rotatable bonds is 2. The highest BCUT2D eigenvalue weighted by Crippen LogP contribution is 2.42. The minimum absolute atomic E-state index is 0.126. The number of sulfonamides is 1. The Labute approximate surface area is 124 Å². The van der Waals surface area contributed by atoms with Gasteiger partial charge in [-0.25, -0.2) is 8.42 Å². The van der Waals surface area contributed by atoms with Crippen LogP contribution in [0.25, 0.3) is 0 Å². The maximum absolute atomic E-state index is 12.6. The third-order valence-corrected chi connectivity index (χ3v) is 7.29. The standard InChI is InChI=1S/C14H19NO3S2/c1-12-2-4-13(5-3-12)20(16,17)15-8-6-14(7-9-15)18-10-11-19-14/h2-5H,6-11H2,1H3. The average Bonchev–Trinajstić information content (AvgIpc) is 2.88. The number of thioether (sulfide) groups is 1. The van der Waals surface area contributed by atoms with Crippen molar-refractivity contribution in [3.63, 3.8) is 0 Å². The summed E-state index contributed by atoms with van der Waals surface area (Å²) in [7, 11) is -3.36. The van der Waals surface area contributed by atoms with Crippen LogP contribution < -0.4 is 0 Å². The predicted octanol–water partition coefficient (Wildman–Crippen LogP) is 2.24. The van der Waals surface area contributed by atoms with Gasteiger partial charge in [-0.3, -0.25) is 0 Å². The van der Waals surface area contributed by atoms with Crippen molar-refractivity contribution in [1.29, 1.82) is 0 Å². The molecule has 20 heavy (non-hydrogen) atoms. The summed E-state index contributed by atoms with van der Waals surface area (Å²) in [6.07, 6.45) is 1.56. The van der Waals surface area contributed by atoms with E-state index in [1.54, 1.807) is 16.4 Å². The lowest BCUT2D eigenvalue weighted by Crippen LogP contribution is -2.44. The van der Waals surface area contributed by atoms with Gasteiger partial charge in [0.2, 0.25) is 10.0 Å². The van der Waals surface area contributed by atoms with Crippen LogP contribution in [0.3, 0.4) is 0 Å². The summed E-state index contributed by atoms with van der Waals surface area (Å²) in [5.74, 6) is 1.02. The van der Waals surface area contributed by atoms with Gasteiger partial charge in [0.05, 0.1) is 11.5 Å². The maximum atomic E-state index is 12.6. The first-order chi connectivity index (χ1) is 9.52. The van der Waals surface area contributed by atoms with Crippen LogP contribution in [0, 0.1) is 6.92 Å². The van der Waals surface area contributed by atoms with Crippen LogP contribution in [-0.4, -0.2) is 43.1 Å². The van der Waals surface area contributed by atoms with Crippen molar-refractivity contribution >= 4 is 21.8 Å². The van der Waals surface area contributed by atoms with Gasteiger partial charge in [0.1, 0.15) is 4.93 Å². The quantitative estimate of drug-likeness (QED) is 0.840. The summed E-state index contributed by atoms with van der Waals surface area (Å²) in [4.78, 5) is 0.262. The molecule has 2 heterocycles. The maximum Gasteiger partial charge on any atom is 0.243 e. The fraction of sp³-hybridized carbons (Fsp3) is 0.571. The Morgan fingerprint density at radius 2 is 1.85 bits per heavy atom. The van der Waals surface area contributed by atoms with Crippen molar-refractivity contribution in [2.75, 3.05) is 25.4 Å². The molecule has 0 radical (unpaired) electrons. The van der Waals surface area contributed by atoms with E-state index >= 15 is 0 Å². The van der Waals surface area contributed by atoms with Crippen LogP contribution in [-0.2, 0) is 14.8 Å². The minimum Gasteiger partial charge on any atom is -0.363 e. The van der Waals surface area contributed by atoms with Crippen LogP contribution in [0.1, 0.15) is 18.4 Å². The van der Waals surface area contributed by atoms with Gasteiger partial charge >= 0.3 is 0 Å². The molecule has 2 aliphatic rings. The molecule has 2 aliphatic heterocycles. The van der Waals surface area contributed by atoms with Crippen molar-refractivity contribution in [2.45, 2.75) is 29.6 Å². The largest absolute Gasteiger partial charge is 0.363 e. The molecule has 0 atom stereocenters. The molecule has 3 rings (SSSR count). The van der Waals surface area contributed by atoms with Gasteiger partial charge in [-0.15, -0.1) is 11.8 Å². The van der Waals surface area contributed by atoms with Crippen molar-refractivity contribution in [2.24, 2.45) is 0 Å². The molecule has 0 amide bonds. The van der Waals surface area contributed by atoms with Gasteiger partial charge in [-0.1, -0.05) is 17.7 Å². The lowest BCUT2D eigenvalue weighted by atomic mass is 10.1. The summed E-state index contributed by atoms with van der Waals surface area (Å²) < 4.78 is 32.6. The van der Waals surface area contributed by atoms with E-state index in [4.69, 9.17) is 4.74 Å². The second-order valence-corrected chi connectivity index (χ2v) is 8.70. The number of benzene rings is 1. The third kappa shape index (κ3) is 2.62. The molecule has 0 aromatic heterocycles. The number of hydrogen-bond donors (Lipinski definition) is 0. The Morgan fingerprint density at radius 1 is 1.20 bits per heavy atom. The Bertz CT molecular complexity index is 567. The second kappa shape index (κ2) is 5.33. The molecule has 0 N–H and O–H groups in total. The highest BCUT2D eigenvalue weighted by molar-refractivity contribution is 8.00. The van der Waals surface area contributed by atoms with Crippen molar-refractivity contribution in [1.82, 2.24) is 4.31 Å². The van der Waals surface area contributed by atoms with E-state index in [2.05, 4.69) is 0 Å². The molecule has 1 aromatic carbocycles. The monoisotopic (exact) mass is 313 g/mol. The van der Waals surface area contributed by atoms with Crippen LogP contribution >= 0.6 is 11.8 Å². The molecule has 4 nitrogen and oxygen atoms in total. The van der Waals surface area contributed by atoms with Gasteiger partial charge in [0.25, 0.3) is 0 Å². The molecular weight excluding hydrogens is 294 g/mol. The fourth-order valence-electron chi connectivity index (χ4n) is 2.71. The topological polar surface area (TPSA) is 46.6 Å². The zero-order valence-electron chi connectivity index (χ0n) is 11.5. The first kappa shape index (κ1) is 14.4. The van der Waals surface area contributed by atoms with Crippen LogP contribution in [0.15, 0.2) is 29.2 Å². The third-order valence-electron chi connectivity index (χ3n) is 3.96. The van der Waals surface area contributed by atoms with Gasteiger partial charge < -0.3 is 4.74 Å². The van der Waals surface area contributed by atoms with Gasteiger partial charge in [-0.2, -0.15) is 4.31 Å². The number of piperidine rings is 1. The zero-order valence-corrected chi connectivity index (χ0v) is 13.2. The molecule has 1 aromatic rings. The summed E-state index contributed by atoms with van der Waals surface area (Å²) in [6.45, 7) is 3.83. The van der Waals surface area contributed by atoms with E-state index in [9.17, 15) is 8.42 Å². The van der Waals surface area contributed by atoms with E-state index < -0.39 is 10.0 Å². The normalized spacial score (nSPS) is 23.2. The SMILES string of the molecule is Cc1ccc(S(=O)(=O)N2CCC3(CC2)OCCS3)cc1. The molecule has 1 spiro atoms. The molecule has 0 aliphatic carbocycles. The van der Waals surface area contributed by atoms with Crippen LogP contribution in [0.5, 0.6) is 0 Å². The van der Waals surface area contributed by atoms with E-state index in [0.29, 0.717) is 18.0 Å². The Balaban J connectivity index is 1.75. The lowest BCUT2D eigenvalue weighted by molar-refractivity contribution is 0.0162. The van der Waals surface area contributed by atoms with E-state index in [0.717, 1.165) is 30.8 Å². The van der Waals surface area contributed by atoms with E-state index in [1.165, 1.54) is 0 Å². The predicted molar refractivity (Wildman–Crippen MR) is 80.3 cm³/mol. The molecule has 2 fully saturated rings. The zero-order chi connectivity index (χ0) is 14.2. The molecule has 0 unspecified atom stereocenters. The van der Waals surface area contributed by atoms with Gasteiger partial charge in [0, 0.05) is 18.8 Å². The summed E-state index contributed by atoms with van der Waals surface area (Å²) in [5, 5.41) is 0. The summed E-state index contributed by atoms with van der Waals surface area (Å²) >= 11 is 1.83. The lowest BCUT2D eigenvalue weighted by Gasteiger charge is -2.37. The molecule has 0 bridgehead atoms. The molecule has 2 saturated heterocycles. The number of ether oxygens (including phenoxy) is 1. The van der Waals surface area contributed by atoms with Crippen molar-refractivity contribution in [3.05, 3.63) is 29.8 Å². The molecule has 0 saturated carbocycles. The molecule has 110 valence electrons. The van der Waals surface area contributed by atoms with E-state index in [1.807, 2.05) is 30.8 Å². The highest BCUT2D eigenvalue weighted by Gasteiger charge is 2.42. The number of aryl methyl sites for hydroxylation is 1. The van der Waals surface area contributed by atoms with E-state index in [-0.39, 0.29) is 4.93 Å². The van der Waals surface area contributed by atoms with Crippen molar-refractivity contribution in [3.8, 4) is 0 Å². The van der Waals surface area contributed by atoms with Gasteiger partial charge in [-0.05, 0) is 31.9 Å². The minimum atomic E-state index is -3.36. The van der Waals surface area contributed by atoms with Crippen LogP contribution in [0.2, 0.25) is 0 Å². The first-order valence-electron chi connectivity index (χ1n) is 6.87. The van der Waals surface area contributed by atoms with Crippen LogP contribution in [0.4, 0.5) is 0 Å². The summed E-state index contributed by atoms with van der Waals surface area (Å²) in [5.41, 5.74) is 1.07. The number of nitrogens with zero attached hydrogens (tertiary/aromatic N) is 1. The first-order valence-corrected chi connectivity index (χ1v) is 9.29. The average molecular weight is 313 g/mol. The highest BCUT2D eigenvalue weighted by atomic mass is 32.2. The van der Waals surface area contributed by atoms with Crippen molar-refractivity contribution < 1.29 is 13.2 Å². The summed E-state index contributed by atoms with van der Waals surface area (Å²) in [6, 6.07) is 7.06. The molecular formula is C14H19NO3S2. The Morgan fingerprint density at radius 3 is 2.40 bits per heavy atom. The second-order valence-electron chi connectivity index (χ2n) is 5.32. The Hall–Kier alpha value is -0.560. The molecule has 6 heteroatoms. The Kier molecular flexibility index (Phi) is 3.83. The van der Waals surface area contributed by atoms with Gasteiger partial charge in [0.15, 0.2) is 0 Å². The number of hydrogen-bond acceptors (Lipinski definition) is 4.